The fourth-order valence-electron chi connectivity index (χ4n) is 2.84. The Labute approximate surface area is 126 Å². The van der Waals surface area contributed by atoms with E-state index in [1.54, 1.807) is 18.2 Å². The standard InChI is InChI=1S/C15H23FN2O2S/c1-11-9-13(16)10-12(2)15(11)21(19,20)18(8-4-7-17)14-5-3-6-14/h9-10,14H,3-8,17H2,1-2H3. The van der Waals surface area contributed by atoms with Gasteiger partial charge in [-0.05, 0) is 62.9 Å². The first-order valence-electron chi connectivity index (χ1n) is 7.36. The van der Waals surface area contributed by atoms with Gasteiger partial charge in [0.05, 0.1) is 4.90 Å². The molecule has 0 atom stereocenters. The highest BCUT2D eigenvalue weighted by molar-refractivity contribution is 7.89. The van der Waals surface area contributed by atoms with Crippen LogP contribution in [0.5, 0.6) is 0 Å². The summed E-state index contributed by atoms with van der Waals surface area (Å²) in [6, 6.07) is 2.62. The second-order valence-corrected chi connectivity index (χ2v) is 7.54. The van der Waals surface area contributed by atoms with Crippen molar-refractivity contribution in [3.8, 4) is 0 Å². The van der Waals surface area contributed by atoms with Gasteiger partial charge < -0.3 is 5.73 Å². The number of nitrogens with zero attached hydrogens (tertiary/aromatic N) is 1. The molecule has 1 aliphatic rings. The van der Waals surface area contributed by atoms with Crippen LogP contribution in [0.4, 0.5) is 4.39 Å². The van der Waals surface area contributed by atoms with Crippen molar-refractivity contribution >= 4 is 10.0 Å². The molecule has 1 aromatic carbocycles. The van der Waals surface area contributed by atoms with Crippen molar-refractivity contribution in [3.05, 3.63) is 29.1 Å². The molecule has 4 nitrogen and oxygen atoms in total. The predicted octanol–water partition coefficient (Wildman–Crippen LogP) is 2.33. The molecule has 0 heterocycles. The summed E-state index contributed by atoms with van der Waals surface area (Å²) < 4.78 is 41.0. The zero-order valence-electron chi connectivity index (χ0n) is 12.6. The third-order valence-electron chi connectivity index (χ3n) is 4.06. The topological polar surface area (TPSA) is 63.4 Å². The van der Waals surface area contributed by atoms with Gasteiger partial charge in [0.15, 0.2) is 0 Å². The van der Waals surface area contributed by atoms with Crippen molar-refractivity contribution < 1.29 is 12.8 Å². The van der Waals surface area contributed by atoms with E-state index in [0.717, 1.165) is 19.3 Å². The number of aryl methyl sites for hydroxylation is 2. The summed E-state index contributed by atoms with van der Waals surface area (Å²) in [6.07, 6.45) is 3.47. The van der Waals surface area contributed by atoms with E-state index < -0.39 is 15.8 Å². The van der Waals surface area contributed by atoms with Gasteiger partial charge in [-0.1, -0.05) is 6.42 Å². The molecular formula is C15H23FN2O2S. The first-order chi connectivity index (χ1) is 9.87. The van der Waals surface area contributed by atoms with Gasteiger partial charge in [-0.3, -0.25) is 0 Å². The Morgan fingerprint density at radius 2 is 1.86 bits per heavy atom. The van der Waals surface area contributed by atoms with Gasteiger partial charge in [0, 0.05) is 12.6 Å². The zero-order chi connectivity index (χ0) is 15.6. The van der Waals surface area contributed by atoms with E-state index in [1.165, 1.54) is 12.1 Å². The van der Waals surface area contributed by atoms with Crippen LogP contribution in [0.2, 0.25) is 0 Å². The van der Waals surface area contributed by atoms with Crippen molar-refractivity contribution in [2.75, 3.05) is 13.1 Å². The van der Waals surface area contributed by atoms with Crippen LogP contribution in [-0.4, -0.2) is 31.9 Å². The van der Waals surface area contributed by atoms with Gasteiger partial charge >= 0.3 is 0 Å². The first-order valence-corrected chi connectivity index (χ1v) is 8.80. The van der Waals surface area contributed by atoms with Crippen LogP contribution in [-0.2, 0) is 10.0 Å². The molecule has 0 bridgehead atoms. The molecule has 1 aromatic rings. The molecule has 118 valence electrons. The molecule has 0 aromatic heterocycles. The summed E-state index contributed by atoms with van der Waals surface area (Å²) >= 11 is 0. The van der Waals surface area contributed by atoms with Gasteiger partial charge in [0.25, 0.3) is 0 Å². The van der Waals surface area contributed by atoms with Gasteiger partial charge in [-0.15, -0.1) is 0 Å². The van der Waals surface area contributed by atoms with Gasteiger partial charge in [-0.25, -0.2) is 12.8 Å². The molecule has 2 N–H and O–H groups in total. The largest absolute Gasteiger partial charge is 0.330 e. The monoisotopic (exact) mass is 314 g/mol. The van der Waals surface area contributed by atoms with Crippen molar-refractivity contribution in [2.45, 2.75) is 50.5 Å². The summed E-state index contributed by atoms with van der Waals surface area (Å²) in [5, 5.41) is 0. The maximum absolute atomic E-state index is 13.4. The van der Waals surface area contributed by atoms with E-state index in [4.69, 9.17) is 5.73 Å². The summed E-state index contributed by atoms with van der Waals surface area (Å²) in [4.78, 5) is 0.243. The Hall–Kier alpha value is -0.980. The average molecular weight is 314 g/mol. The summed E-state index contributed by atoms with van der Waals surface area (Å²) in [6.45, 7) is 4.18. The van der Waals surface area contributed by atoms with Crippen LogP contribution in [0, 0.1) is 19.7 Å². The van der Waals surface area contributed by atoms with E-state index in [1.807, 2.05) is 0 Å². The SMILES string of the molecule is Cc1cc(F)cc(C)c1S(=O)(=O)N(CCCN)C1CCC1. The Kier molecular flexibility index (Phi) is 5.01. The van der Waals surface area contributed by atoms with E-state index in [2.05, 4.69) is 0 Å². The number of hydrogen-bond donors (Lipinski definition) is 1. The minimum absolute atomic E-state index is 0.0606. The molecular weight excluding hydrogens is 291 g/mol. The van der Waals surface area contributed by atoms with Gasteiger partial charge in [0.1, 0.15) is 5.82 Å². The van der Waals surface area contributed by atoms with Crippen LogP contribution in [0.25, 0.3) is 0 Å². The van der Waals surface area contributed by atoms with E-state index in [9.17, 15) is 12.8 Å². The van der Waals surface area contributed by atoms with Gasteiger partial charge in [0.2, 0.25) is 10.0 Å². The zero-order valence-corrected chi connectivity index (χ0v) is 13.4. The third-order valence-corrected chi connectivity index (χ3v) is 6.31. The Morgan fingerprint density at radius 3 is 2.29 bits per heavy atom. The first kappa shape index (κ1) is 16.4. The maximum Gasteiger partial charge on any atom is 0.243 e. The number of hydrogen-bond acceptors (Lipinski definition) is 3. The number of sulfonamides is 1. The fourth-order valence-corrected chi connectivity index (χ4v) is 4.98. The summed E-state index contributed by atoms with van der Waals surface area (Å²) in [5.74, 6) is -0.402. The van der Waals surface area contributed by atoms with Crippen LogP contribution >= 0.6 is 0 Å². The highest BCUT2D eigenvalue weighted by atomic mass is 32.2. The number of halogens is 1. The molecule has 21 heavy (non-hydrogen) atoms. The predicted molar refractivity (Wildman–Crippen MR) is 81.1 cm³/mol. The van der Waals surface area contributed by atoms with Crippen LogP contribution in [0.1, 0.15) is 36.8 Å². The number of benzene rings is 1. The molecule has 0 unspecified atom stereocenters. The second kappa shape index (κ2) is 6.42. The molecule has 0 spiro atoms. The number of nitrogens with two attached hydrogens (primary N) is 1. The van der Waals surface area contributed by atoms with Crippen LogP contribution in [0.15, 0.2) is 17.0 Å². The van der Waals surface area contributed by atoms with Crippen molar-refractivity contribution in [2.24, 2.45) is 5.73 Å². The lowest BCUT2D eigenvalue weighted by atomic mass is 9.93. The minimum atomic E-state index is -3.60. The quantitative estimate of drug-likeness (QED) is 0.876. The minimum Gasteiger partial charge on any atom is -0.330 e. The molecule has 1 aliphatic carbocycles. The summed E-state index contributed by atoms with van der Waals surface area (Å²) in [7, 11) is -3.60. The molecule has 0 amide bonds. The van der Waals surface area contributed by atoms with Gasteiger partial charge in [-0.2, -0.15) is 4.31 Å². The lowest BCUT2D eigenvalue weighted by molar-refractivity contribution is 0.218. The number of rotatable bonds is 6. The molecule has 6 heteroatoms. The maximum atomic E-state index is 13.4. The molecule has 2 rings (SSSR count). The Morgan fingerprint density at radius 1 is 1.29 bits per heavy atom. The normalized spacial score (nSPS) is 16.2. The third kappa shape index (κ3) is 3.27. The fraction of sp³-hybridized carbons (Fsp3) is 0.600. The Balaban J connectivity index is 2.42. The molecule has 0 radical (unpaired) electrons. The molecule has 1 fully saturated rings. The van der Waals surface area contributed by atoms with Crippen molar-refractivity contribution in [1.29, 1.82) is 0 Å². The Bertz CT molecular complexity index is 589. The van der Waals surface area contributed by atoms with E-state index >= 15 is 0 Å². The van der Waals surface area contributed by atoms with Crippen LogP contribution < -0.4 is 5.73 Å². The molecule has 0 aliphatic heterocycles. The molecule has 0 saturated heterocycles. The lowest BCUT2D eigenvalue weighted by Gasteiger charge is -2.37. The van der Waals surface area contributed by atoms with Crippen molar-refractivity contribution in [3.63, 3.8) is 0 Å². The van der Waals surface area contributed by atoms with E-state index in [0.29, 0.717) is 30.6 Å². The van der Waals surface area contributed by atoms with E-state index in [-0.39, 0.29) is 10.9 Å². The summed E-state index contributed by atoms with van der Waals surface area (Å²) in [5.41, 5.74) is 6.45. The highest BCUT2D eigenvalue weighted by Gasteiger charge is 2.36. The lowest BCUT2D eigenvalue weighted by Crippen LogP contribution is -2.45. The smallest absolute Gasteiger partial charge is 0.243 e. The molecule has 1 saturated carbocycles. The van der Waals surface area contributed by atoms with Crippen molar-refractivity contribution in [1.82, 2.24) is 4.31 Å². The highest BCUT2D eigenvalue weighted by Crippen LogP contribution is 2.32. The average Bonchev–Trinajstić information content (AvgIpc) is 2.29. The second-order valence-electron chi connectivity index (χ2n) is 5.71. The van der Waals surface area contributed by atoms with Crippen LogP contribution in [0.3, 0.4) is 0 Å².